The van der Waals surface area contributed by atoms with E-state index in [0.717, 1.165) is 25.2 Å². The Balaban J connectivity index is 1.65. The number of nitrogens with zero attached hydrogens (tertiary/aromatic N) is 4. The van der Waals surface area contributed by atoms with Crippen LogP contribution in [0.2, 0.25) is 0 Å². The van der Waals surface area contributed by atoms with Crippen molar-refractivity contribution in [3.05, 3.63) is 47.3 Å². The van der Waals surface area contributed by atoms with Crippen molar-refractivity contribution in [1.82, 2.24) is 19.6 Å². The Hall–Kier alpha value is -2.38. The molecule has 1 aromatic carbocycles. The number of morpholine rings is 1. The van der Waals surface area contributed by atoms with E-state index in [4.69, 9.17) is 4.74 Å². The van der Waals surface area contributed by atoms with Crippen LogP contribution in [0.25, 0.3) is 0 Å². The number of phenols is 1. The molecule has 1 aromatic heterocycles. The number of ether oxygens (including phenoxy) is 1. The molecule has 1 N–H and O–H groups in total. The normalized spacial score (nSPS) is 23.3. The van der Waals surface area contributed by atoms with E-state index >= 15 is 0 Å². The lowest BCUT2D eigenvalue weighted by atomic mass is 9.97. The van der Waals surface area contributed by atoms with E-state index in [1.165, 1.54) is 19.3 Å². The van der Waals surface area contributed by atoms with Crippen LogP contribution in [-0.4, -0.2) is 69.5 Å². The standard InChI is InChI=1S/C22H30N4O3/c1-16-18(7-6-8-19(16)27)22(28)26-11-12-29-20(15-25-9-4-3-5-10-25)21(26)17-13-23-24(2)14-17/h6-8,13-14,20-21,27H,3-5,9-12,15H2,1-2H3/t20-,21-/m0/s1. The van der Waals surface area contributed by atoms with E-state index in [0.29, 0.717) is 24.3 Å². The van der Waals surface area contributed by atoms with Crippen LogP contribution in [0.3, 0.4) is 0 Å². The van der Waals surface area contributed by atoms with Gasteiger partial charge in [0.15, 0.2) is 0 Å². The molecule has 0 bridgehead atoms. The molecule has 3 heterocycles. The molecule has 2 saturated heterocycles. The molecule has 2 aliphatic heterocycles. The lowest BCUT2D eigenvalue weighted by Gasteiger charge is -2.43. The number of aromatic hydroxyl groups is 1. The quantitative estimate of drug-likeness (QED) is 0.857. The first kappa shape index (κ1) is 19.9. The van der Waals surface area contributed by atoms with Crippen LogP contribution >= 0.6 is 0 Å². The van der Waals surface area contributed by atoms with Gasteiger partial charge in [-0.25, -0.2) is 0 Å². The monoisotopic (exact) mass is 398 g/mol. The van der Waals surface area contributed by atoms with E-state index in [2.05, 4.69) is 10.00 Å². The fourth-order valence-electron chi connectivity index (χ4n) is 4.51. The van der Waals surface area contributed by atoms with Crippen molar-refractivity contribution in [2.24, 2.45) is 7.05 Å². The molecule has 1 amide bonds. The maximum atomic E-state index is 13.5. The number of aryl methyl sites for hydroxylation is 1. The Kier molecular flexibility index (Phi) is 5.87. The number of carbonyl (C=O) groups is 1. The lowest BCUT2D eigenvalue weighted by molar-refractivity contribution is -0.0741. The van der Waals surface area contributed by atoms with Gasteiger partial charge in [-0.1, -0.05) is 12.5 Å². The molecule has 0 unspecified atom stereocenters. The van der Waals surface area contributed by atoms with Crippen LogP contribution in [0.15, 0.2) is 30.6 Å². The van der Waals surface area contributed by atoms with Gasteiger partial charge in [-0.3, -0.25) is 9.48 Å². The van der Waals surface area contributed by atoms with Gasteiger partial charge in [0.2, 0.25) is 0 Å². The van der Waals surface area contributed by atoms with Crippen LogP contribution in [0.1, 0.15) is 46.8 Å². The highest BCUT2D eigenvalue weighted by molar-refractivity contribution is 5.96. The van der Waals surface area contributed by atoms with E-state index in [1.54, 1.807) is 29.8 Å². The third-order valence-electron chi connectivity index (χ3n) is 6.10. The zero-order valence-corrected chi connectivity index (χ0v) is 17.3. The second kappa shape index (κ2) is 8.55. The molecule has 156 valence electrons. The van der Waals surface area contributed by atoms with Crippen LogP contribution in [0.5, 0.6) is 5.75 Å². The third kappa shape index (κ3) is 4.16. The van der Waals surface area contributed by atoms with E-state index < -0.39 is 0 Å². The Morgan fingerprint density at radius 2 is 2.03 bits per heavy atom. The molecular formula is C22H30N4O3. The highest BCUT2D eigenvalue weighted by atomic mass is 16.5. The van der Waals surface area contributed by atoms with Crippen molar-refractivity contribution in [1.29, 1.82) is 0 Å². The molecule has 2 aliphatic rings. The highest BCUT2D eigenvalue weighted by Crippen LogP contribution is 2.33. The number of hydrogen-bond acceptors (Lipinski definition) is 5. The fourth-order valence-corrected chi connectivity index (χ4v) is 4.51. The van der Waals surface area contributed by atoms with Crippen LogP contribution < -0.4 is 0 Å². The number of amides is 1. The van der Waals surface area contributed by atoms with Gasteiger partial charge in [0.1, 0.15) is 5.75 Å². The molecule has 4 rings (SSSR count). The SMILES string of the molecule is Cc1c(O)cccc1C(=O)N1CCO[C@@H](CN2CCCCC2)[C@@H]1c1cnn(C)c1. The van der Waals surface area contributed by atoms with Crippen LogP contribution in [0.4, 0.5) is 0 Å². The van der Waals surface area contributed by atoms with E-state index in [9.17, 15) is 9.90 Å². The first-order valence-electron chi connectivity index (χ1n) is 10.5. The maximum absolute atomic E-state index is 13.5. The summed E-state index contributed by atoms with van der Waals surface area (Å²) >= 11 is 0. The van der Waals surface area contributed by atoms with Crippen molar-refractivity contribution >= 4 is 5.91 Å². The molecule has 0 saturated carbocycles. The molecule has 2 atom stereocenters. The zero-order valence-electron chi connectivity index (χ0n) is 17.3. The van der Waals surface area contributed by atoms with Crippen LogP contribution in [0, 0.1) is 6.92 Å². The number of benzene rings is 1. The predicted molar refractivity (Wildman–Crippen MR) is 110 cm³/mol. The van der Waals surface area contributed by atoms with Gasteiger partial charge in [0.25, 0.3) is 5.91 Å². The number of rotatable bonds is 4. The topological polar surface area (TPSA) is 70.8 Å². The summed E-state index contributed by atoms with van der Waals surface area (Å²) in [5, 5.41) is 14.4. The number of likely N-dealkylation sites (tertiary alicyclic amines) is 1. The largest absolute Gasteiger partial charge is 0.508 e. The number of aromatic nitrogens is 2. The Labute approximate surface area is 171 Å². The molecule has 2 fully saturated rings. The molecular weight excluding hydrogens is 368 g/mol. The second-order valence-electron chi connectivity index (χ2n) is 8.11. The minimum Gasteiger partial charge on any atom is -0.508 e. The first-order chi connectivity index (χ1) is 14.0. The molecule has 0 radical (unpaired) electrons. The maximum Gasteiger partial charge on any atom is 0.254 e. The number of carbonyl (C=O) groups excluding carboxylic acids is 1. The first-order valence-corrected chi connectivity index (χ1v) is 10.5. The highest BCUT2D eigenvalue weighted by Gasteiger charge is 2.39. The third-order valence-corrected chi connectivity index (χ3v) is 6.10. The Bertz CT molecular complexity index is 859. The summed E-state index contributed by atoms with van der Waals surface area (Å²) in [7, 11) is 1.89. The van der Waals surface area contributed by atoms with Gasteiger partial charge < -0.3 is 19.6 Å². The average Bonchev–Trinajstić information content (AvgIpc) is 3.16. The van der Waals surface area contributed by atoms with E-state index in [-0.39, 0.29) is 23.8 Å². The van der Waals surface area contributed by atoms with Gasteiger partial charge in [-0.15, -0.1) is 0 Å². The summed E-state index contributed by atoms with van der Waals surface area (Å²) in [4.78, 5) is 17.9. The molecule has 2 aromatic rings. The van der Waals surface area contributed by atoms with Crippen molar-refractivity contribution in [2.75, 3.05) is 32.8 Å². The Morgan fingerprint density at radius 1 is 1.24 bits per heavy atom. The molecule has 7 heteroatoms. The fraction of sp³-hybridized carbons (Fsp3) is 0.545. The van der Waals surface area contributed by atoms with Gasteiger partial charge in [-0.05, 0) is 45.0 Å². The predicted octanol–water partition coefficient (Wildman–Crippen LogP) is 2.50. The summed E-state index contributed by atoms with van der Waals surface area (Å²) in [6.45, 7) is 5.79. The summed E-state index contributed by atoms with van der Waals surface area (Å²) in [6.07, 6.45) is 7.42. The smallest absolute Gasteiger partial charge is 0.254 e. The molecule has 0 aliphatic carbocycles. The van der Waals surface area contributed by atoms with Crippen molar-refractivity contribution in [3.8, 4) is 5.75 Å². The number of piperidine rings is 1. The summed E-state index contributed by atoms with van der Waals surface area (Å²) < 4.78 is 7.97. The minimum absolute atomic E-state index is 0.0702. The summed E-state index contributed by atoms with van der Waals surface area (Å²) in [6, 6.07) is 4.92. The molecule has 0 spiro atoms. The van der Waals surface area contributed by atoms with Gasteiger partial charge in [-0.2, -0.15) is 5.10 Å². The average molecular weight is 399 g/mol. The minimum atomic E-state index is -0.200. The van der Waals surface area contributed by atoms with Gasteiger partial charge >= 0.3 is 0 Å². The number of hydrogen-bond donors (Lipinski definition) is 1. The van der Waals surface area contributed by atoms with Crippen molar-refractivity contribution in [2.45, 2.75) is 38.3 Å². The summed E-state index contributed by atoms with van der Waals surface area (Å²) in [5.74, 6) is 0.0751. The van der Waals surface area contributed by atoms with Crippen molar-refractivity contribution in [3.63, 3.8) is 0 Å². The van der Waals surface area contributed by atoms with Crippen LogP contribution in [-0.2, 0) is 11.8 Å². The lowest BCUT2D eigenvalue weighted by Crippen LogP contribution is -2.52. The molecule has 29 heavy (non-hydrogen) atoms. The Morgan fingerprint density at radius 3 is 2.76 bits per heavy atom. The van der Waals surface area contributed by atoms with Gasteiger partial charge in [0, 0.05) is 43.0 Å². The number of phenolic OH excluding ortho intramolecular Hbond substituents is 1. The zero-order chi connectivity index (χ0) is 20.4. The molecule has 7 nitrogen and oxygen atoms in total. The van der Waals surface area contributed by atoms with Crippen molar-refractivity contribution < 1.29 is 14.6 Å². The summed E-state index contributed by atoms with van der Waals surface area (Å²) in [5.41, 5.74) is 2.14. The van der Waals surface area contributed by atoms with Gasteiger partial charge in [0.05, 0.1) is 24.9 Å². The second-order valence-corrected chi connectivity index (χ2v) is 8.11. The van der Waals surface area contributed by atoms with E-state index in [1.807, 2.05) is 24.3 Å².